The molecule has 0 spiro atoms. The molecule has 1 aliphatic rings. The molecule has 70 heavy (non-hydrogen) atoms. The molecule has 0 amide bonds. The minimum atomic E-state index is 0.995. The highest BCUT2D eigenvalue weighted by Crippen LogP contribution is 2.41. The number of pyridine rings is 1. The van der Waals surface area contributed by atoms with Gasteiger partial charge in [0.15, 0.2) is 0 Å². The van der Waals surface area contributed by atoms with Crippen LogP contribution in [-0.2, 0) is 6.42 Å². The lowest BCUT2D eigenvalue weighted by Gasteiger charge is -2.18. The highest BCUT2D eigenvalue weighted by atomic mass is 15.0. The molecule has 3 aromatic heterocycles. The van der Waals surface area contributed by atoms with Gasteiger partial charge in [-0.25, -0.2) is 0 Å². The van der Waals surface area contributed by atoms with Gasteiger partial charge in [0.25, 0.3) is 0 Å². The van der Waals surface area contributed by atoms with Crippen molar-refractivity contribution in [3.05, 3.63) is 254 Å². The van der Waals surface area contributed by atoms with Crippen LogP contribution in [0.3, 0.4) is 0 Å². The first kappa shape index (κ1) is 40.1. The van der Waals surface area contributed by atoms with Gasteiger partial charge in [-0.05, 0) is 140 Å². The lowest BCUT2D eigenvalue weighted by Crippen LogP contribution is -2.05. The molecule has 0 saturated heterocycles. The van der Waals surface area contributed by atoms with Crippen molar-refractivity contribution in [2.45, 2.75) is 12.8 Å². The third-order valence-electron chi connectivity index (χ3n) is 14.6. The molecule has 14 rings (SSSR count). The smallest absolute Gasteiger partial charge is 0.0541 e. The standard InChI is InChI=1S/C67H45N3/c1-3-19-56-46(15-1)17-13-25-58(56)50-35-48(36-51(37-50)59-26-14-18-47-16-2-4-20-57(47)59)53-38-52(42-68-43-53)45-33-31-44(32-34-45)49-39-54(69-64-27-9-5-21-60(64)61-22-6-10-28-65(61)69)41-55(40-49)70-66-29-11-7-23-62(66)63-24-8-12-30-67(63)70/h1-11,13-29,31-43H,12,30H2. The van der Waals surface area contributed by atoms with Crippen molar-refractivity contribution in [1.82, 2.24) is 14.1 Å². The average Bonchev–Trinajstić information content (AvgIpc) is 3.96. The first-order valence-corrected chi connectivity index (χ1v) is 24.3. The Labute approximate surface area is 406 Å². The second kappa shape index (κ2) is 16.3. The van der Waals surface area contributed by atoms with E-state index in [2.05, 4.69) is 246 Å². The van der Waals surface area contributed by atoms with E-state index in [1.165, 1.54) is 87.8 Å². The van der Waals surface area contributed by atoms with Crippen LogP contribution in [0.4, 0.5) is 0 Å². The molecule has 0 N–H and O–H groups in total. The summed E-state index contributed by atoms with van der Waals surface area (Å²) in [7, 11) is 0. The first-order valence-electron chi connectivity index (χ1n) is 24.3. The second-order valence-corrected chi connectivity index (χ2v) is 18.7. The van der Waals surface area contributed by atoms with Crippen molar-refractivity contribution in [3.63, 3.8) is 0 Å². The SMILES string of the molecule is C1=Cc2c(n(-c3cc(-c4ccc(-c5cncc(-c6cc(-c7cccc8ccccc78)cc(-c7cccc8ccccc78)c6)c5)cc4)cc(-n4c5ccccc5c5ccccc54)c3)c3ccccc23)CC1. The molecule has 10 aromatic carbocycles. The van der Waals surface area contributed by atoms with E-state index in [1.54, 1.807) is 0 Å². The molecule has 0 atom stereocenters. The summed E-state index contributed by atoms with van der Waals surface area (Å²) in [6.07, 6.45) is 10.7. The molecular formula is C67H45N3. The second-order valence-electron chi connectivity index (χ2n) is 18.7. The topological polar surface area (TPSA) is 22.8 Å². The quantitative estimate of drug-likeness (QED) is 0.156. The van der Waals surface area contributed by atoms with Crippen LogP contribution in [0.25, 0.3) is 127 Å². The van der Waals surface area contributed by atoms with Crippen molar-refractivity contribution in [2.75, 3.05) is 0 Å². The summed E-state index contributed by atoms with van der Waals surface area (Å²) in [5.74, 6) is 0. The molecule has 0 radical (unpaired) electrons. The predicted molar refractivity (Wildman–Crippen MR) is 295 cm³/mol. The number of aromatic nitrogens is 3. The normalized spacial score (nSPS) is 12.4. The van der Waals surface area contributed by atoms with Crippen molar-refractivity contribution in [3.8, 4) is 67.0 Å². The van der Waals surface area contributed by atoms with E-state index in [4.69, 9.17) is 4.98 Å². The molecule has 0 aliphatic heterocycles. The molecule has 0 fully saturated rings. The number of benzene rings is 10. The molecule has 0 saturated carbocycles. The van der Waals surface area contributed by atoms with Crippen LogP contribution in [0.2, 0.25) is 0 Å². The van der Waals surface area contributed by atoms with Crippen molar-refractivity contribution in [1.29, 1.82) is 0 Å². The third kappa shape index (κ3) is 6.62. The highest BCUT2D eigenvalue weighted by Gasteiger charge is 2.21. The Morgan fingerprint density at radius 2 is 0.771 bits per heavy atom. The lowest BCUT2D eigenvalue weighted by atomic mass is 9.89. The maximum Gasteiger partial charge on any atom is 0.0541 e. The lowest BCUT2D eigenvalue weighted by molar-refractivity contribution is 0.888. The van der Waals surface area contributed by atoms with Gasteiger partial charge in [-0.15, -0.1) is 0 Å². The number of nitrogens with zero attached hydrogens (tertiary/aromatic N) is 3. The van der Waals surface area contributed by atoms with Gasteiger partial charge in [0.05, 0.1) is 16.6 Å². The largest absolute Gasteiger partial charge is 0.313 e. The Hall–Kier alpha value is -9.05. The zero-order valence-corrected chi connectivity index (χ0v) is 38.4. The summed E-state index contributed by atoms with van der Waals surface area (Å²) >= 11 is 0. The van der Waals surface area contributed by atoms with Crippen LogP contribution in [-0.4, -0.2) is 14.1 Å². The number of hydrogen-bond acceptors (Lipinski definition) is 1. The summed E-state index contributed by atoms with van der Waals surface area (Å²) in [5, 5.41) is 8.74. The van der Waals surface area contributed by atoms with E-state index in [0.717, 1.165) is 57.6 Å². The van der Waals surface area contributed by atoms with E-state index in [1.807, 2.05) is 12.4 Å². The Balaban J connectivity index is 0.900. The zero-order chi connectivity index (χ0) is 46.1. The van der Waals surface area contributed by atoms with Crippen molar-refractivity contribution in [2.24, 2.45) is 0 Å². The number of rotatable bonds is 7. The van der Waals surface area contributed by atoms with Crippen LogP contribution in [0, 0.1) is 0 Å². The molecule has 3 nitrogen and oxygen atoms in total. The van der Waals surface area contributed by atoms with Crippen molar-refractivity contribution >= 4 is 60.3 Å². The van der Waals surface area contributed by atoms with Crippen LogP contribution in [0.15, 0.2) is 243 Å². The molecule has 3 heterocycles. The maximum absolute atomic E-state index is 4.90. The Morgan fingerprint density at radius 3 is 1.39 bits per heavy atom. The average molecular weight is 892 g/mol. The van der Waals surface area contributed by atoms with Gasteiger partial charge in [0, 0.05) is 62.3 Å². The fourth-order valence-corrected chi connectivity index (χ4v) is 11.4. The summed E-state index contributed by atoms with van der Waals surface area (Å²) in [4.78, 5) is 4.90. The fourth-order valence-electron chi connectivity index (χ4n) is 11.4. The van der Waals surface area contributed by atoms with Crippen LogP contribution >= 0.6 is 0 Å². The van der Waals surface area contributed by atoms with Crippen LogP contribution in [0.5, 0.6) is 0 Å². The Morgan fingerprint density at radius 1 is 0.329 bits per heavy atom. The monoisotopic (exact) mass is 891 g/mol. The molecule has 3 heteroatoms. The van der Waals surface area contributed by atoms with Gasteiger partial charge >= 0.3 is 0 Å². The molecule has 1 aliphatic carbocycles. The third-order valence-corrected chi connectivity index (χ3v) is 14.6. The molecular weight excluding hydrogens is 847 g/mol. The zero-order valence-electron chi connectivity index (χ0n) is 38.4. The predicted octanol–water partition coefficient (Wildman–Crippen LogP) is 17.7. The number of fused-ring (bicyclic) bond motifs is 8. The Kier molecular flexibility index (Phi) is 9.34. The van der Waals surface area contributed by atoms with E-state index in [-0.39, 0.29) is 0 Å². The molecule has 0 bridgehead atoms. The summed E-state index contributed by atoms with van der Waals surface area (Å²) in [6, 6.07) is 82.6. The van der Waals surface area contributed by atoms with Gasteiger partial charge < -0.3 is 9.13 Å². The molecule has 328 valence electrons. The van der Waals surface area contributed by atoms with Gasteiger partial charge in [-0.1, -0.05) is 176 Å². The van der Waals surface area contributed by atoms with E-state index < -0.39 is 0 Å². The van der Waals surface area contributed by atoms with Gasteiger partial charge in [0.1, 0.15) is 0 Å². The Bertz CT molecular complexity index is 4080. The minimum absolute atomic E-state index is 0.995. The van der Waals surface area contributed by atoms with Gasteiger partial charge in [0.2, 0.25) is 0 Å². The van der Waals surface area contributed by atoms with Crippen molar-refractivity contribution < 1.29 is 0 Å². The van der Waals surface area contributed by atoms with Gasteiger partial charge in [-0.2, -0.15) is 0 Å². The molecule has 0 unspecified atom stereocenters. The summed E-state index contributed by atoms with van der Waals surface area (Å²) in [6.45, 7) is 0. The van der Waals surface area contributed by atoms with Crippen LogP contribution < -0.4 is 0 Å². The van der Waals surface area contributed by atoms with E-state index in [0.29, 0.717) is 0 Å². The van der Waals surface area contributed by atoms with E-state index in [9.17, 15) is 0 Å². The highest BCUT2D eigenvalue weighted by molar-refractivity contribution is 6.09. The maximum atomic E-state index is 4.90. The van der Waals surface area contributed by atoms with Crippen LogP contribution in [0.1, 0.15) is 17.7 Å². The first-order chi connectivity index (χ1) is 34.7. The number of hydrogen-bond donors (Lipinski definition) is 0. The summed E-state index contributed by atoms with van der Waals surface area (Å²) in [5.41, 5.74) is 20.1. The fraction of sp³-hybridized carbons (Fsp3) is 0.0299. The number of allylic oxidation sites excluding steroid dienone is 1. The number of para-hydroxylation sites is 3. The summed E-state index contributed by atoms with van der Waals surface area (Å²) < 4.78 is 4.96. The van der Waals surface area contributed by atoms with Gasteiger partial charge in [-0.3, -0.25) is 4.98 Å². The molecule has 13 aromatic rings. The minimum Gasteiger partial charge on any atom is -0.313 e. The van der Waals surface area contributed by atoms with E-state index >= 15 is 0 Å².